The van der Waals surface area contributed by atoms with E-state index in [-0.39, 0.29) is 0 Å². The van der Waals surface area contributed by atoms with Crippen LogP contribution in [0.5, 0.6) is 0 Å². The minimum Gasteiger partial charge on any atom is -0.288 e. The highest BCUT2D eigenvalue weighted by molar-refractivity contribution is 6.45. The third-order valence-electron chi connectivity index (χ3n) is 2.41. The Balaban J connectivity index is 1.69. The molecule has 0 atom stereocenters. The smallest absolute Gasteiger partial charge is 0.288 e. The Bertz CT molecular complexity index is 276. The third kappa shape index (κ3) is 2.31. The van der Waals surface area contributed by atoms with Gasteiger partial charge in [0.2, 0.25) is 5.96 Å². The van der Waals surface area contributed by atoms with Crippen molar-refractivity contribution < 1.29 is 9.59 Å². The number of amides is 2. The average Bonchev–Trinajstić information content (AvgIpc) is 2.90. The minimum atomic E-state index is -0.619. The minimum absolute atomic E-state index is 0.302. The van der Waals surface area contributed by atoms with Crippen LogP contribution < -0.4 is 10.6 Å². The normalized spacial score (nSPS) is 20.7. The number of aliphatic imine (C=N–C) groups is 1. The summed E-state index contributed by atoms with van der Waals surface area (Å²) in [5, 5.41) is 4.72. The van der Waals surface area contributed by atoms with Crippen molar-refractivity contribution in [2.75, 3.05) is 6.54 Å². The molecule has 0 aromatic carbocycles. The molecular weight excluding hydrogens is 182 g/mol. The zero-order chi connectivity index (χ0) is 9.97. The highest BCUT2D eigenvalue weighted by Crippen LogP contribution is 2.33. The van der Waals surface area contributed by atoms with Crippen LogP contribution in [0.1, 0.15) is 25.7 Å². The maximum absolute atomic E-state index is 10.7. The van der Waals surface area contributed by atoms with E-state index >= 15 is 0 Å². The summed E-state index contributed by atoms with van der Waals surface area (Å²) in [7, 11) is 0. The first-order valence-corrected chi connectivity index (χ1v) is 4.92. The van der Waals surface area contributed by atoms with Gasteiger partial charge in [0.25, 0.3) is 0 Å². The molecule has 1 aliphatic carbocycles. The number of guanidine groups is 1. The lowest BCUT2D eigenvalue weighted by Gasteiger charge is -1.96. The lowest BCUT2D eigenvalue weighted by atomic mass is 10.2. The van der Waals surface area contributed by atoms with E-state index in [1.807, 2.05) is 0 Å². The Hall–Kier alpha value is -1.39. The number of nitrogens with one attached hydrogen (secondary N) is 2. The summed E-state index contributed by atoms with van der Waals surface area (Å²) < 4.78 is 0. The Kier molecular flexibility index (Phi) is 2.47. The molecule has 0 spiro atoms. The van der Waals surface area contributed by atoms with Crippen LogP contribution in [-0.4, -0.2) is 24.3 Å². The molecule has 0 unspecified atom stereocenters. The van der Waals surface area contributed by atoms with Crippen molar-refractivity contribution in [3.63, 3.8) is 0 Å². The van der Waals surface area contributed by atoms with E-state index in [4.69, 9.17) is 0 Å². The van der Waals surface area contributed by atoms with Crippen LogP contribution in [0.3, 0.4) is 0 Å². The van der Waals surface area contributed by atoms with Crippen molar-refractivity contribution in [2.45, 2.75) is 25.7 Å². The van der Waals surface area contributed by atoms with E-state index < -0.39 is 11.8 Å². The lowest BCUT2D eigenvalue weighted by Crippen LogP contribution is -2.25. The first-order chi connectivity index (χ1) is 6.75. The van der Waals surface area contributed by atoms with Gasteiger partial charge in [-0.1, -0.05) is 12.8 Å². The predicted octanol–water partition coefficient (Wildman–Crippen LogP) is -0.221. The second kappa shape index (κ2) is 3.77. The summed E-state index contributed by atoms with van der Waals surface area (Å²) >= 11 is 0. The zero-order valence-electron chi connectivity index (χ0n) is 7.88. The van der Waals surface area contributed by atoms with Gasteiger partial charge in [-0.05, 0) is 18.8 Å². The fraction of sp³-hybridized carbons (Fsp3) is 0.667. The molecule has 2 N–H and O–H groups in total. The molecule has 2 fully saturated rings. The molecule has 0 radical (unpaired) electrons. The molecule has 5 heteroatoms. The van der Waals surface area contributed by atoms with Gasteiger partial charge in [-0.25, -0.2) is 0 Å². The molecule has 2 amide bonds. The number of rotatable bonds is 4. The zero-order valence-corrected chi connectivity index (χ0v) is 7.88. The van der Waals surface area contributed by atoms with Crippen LogP contribution in [0.15, 0.2) is 4.99 Å². The van der Waals surface area contributed by atoms with Gasteiger partial charge in [0, 0.05) is 6.54 Å². The van der Waals surface area contributed by atoms with Crippen LogP contribution in [0.25, 0.3) is 0 Å². The quantitative estimate of drug-likeness (QED) is 0.481. The highest BCUT2D eigenvalue weighted by atomic mass is 16.2. The molecule has 2 aliphatic rings. The summed E-state index contributed by atoms with van der Waals surface area (Å²) in [5.74, 6) is -0.0318. The Morgan fingerprint density at radius 1 is 1.21 bits per heavy atom. The maximum atomic E-state index is 10.7. The first-order valence-electron chi connectivity index (χ1n) is 4.92. The summed E-state index contributed by atoms with van der Waals surface area (Å²) in [6.07, 6.45) is 4.94. The molecule has 14 heavy (non-hydrogen) atoms. The second-order valence-corrected chi connectivity index (χ2v) is 3.72. The van der Waals surface area contributed by atoms with Crippen molar-refractivity contribution >= 4 is 17.8 Å². The molecule has 1 saturated carbocycles. The Morgan fingerprint density at radius 2 is 1.86 bits per heavy atom. The van der Waals surface area contributed by atoms with Gasteiger partial charge in [-0.3, -0.25) is 25.2 Å². The predicted molar refractivity (Wildman–Crippen MR) is 50.5 cm³/mol. The molecule has 0 aromatic heterocycles. The van der Waals surface area contributed by atoms with Crippen molar-refractivity contribution in [1.82, 2.24) is 10.6 Å². The monoisotopic (exact) mass is 195 g/mol. The van der Waals surface area contributed by atoms with Gasteiger partial charge < -0.3 is 0 Å². The van der Waals surface area contributed by atoms with E-state index in [0.717, 1.165) is 12.3 Å². The molecular formula is C9H13N3O2. The van der Waals surface area contributed by atoms with Gasteiger partial charge in [0.15, 0.2) is 0 Å². The largest absolute Gasteiger partial charge is 0.316 e. The molecule has 1 heterocycles. The number of carbonyl (C=O) groups is 2. The second-order valence-electron chi connectivity index (χ2n) is 3.72. The Labute approximate surface area is 82.0 Å². The van der Waals surface area contributed by atoms with E-state index in [1.54, 1.807) is 0 Å². The fourth-order valence-electron chi connectivity index (χ4n) is 1.42. The average molecular weight is 195 g/mol. The maximum Gasteiger partial charge on any atom is 0.316 e. The Morgan fingerprint density at radius 3 is 2.43 bits per heavy atom. The highest BCUT2D eigenvalue weighted by Gasteiger charge is 2.25. The van der Waals surface area contributed by atoms with Crippen LogP contribution in [0.4, 0.5) is 0 Å². The molecule has 76 valence electrons. The van der Waals surface area contributed by atoms with Crippen molar-refractivity contribution in [3.05, 3.63) is 0 Å². The van der Waals surface area contributed by atoms with Crippen LogP contribution in [0.2, 0.25) is 0 Å². The number of hydrogen-bond donors (Lipinski definition) is 2. The van der Waals surface area contributed by atoms with Gasteiger partial charge in [-0.2, -0.15) is 0 Å². The van der Waals surface area contributed by atoms with Crippen molar-refractivity contribution in [3.8, 4) is 0 Å². The summed E-state index contributed by atoms with van der Waals surface area (Å²) in [6, 6.07) is 0. The molecule has 1 saturated heterocycles. The van der Waals surface area contributed by atoms with Gasteiger partial charge in [0.05, 0.1) is 0 Å². The summed E-state index contributed by atoms with van der Waals surface area (Å²) in [4.78, 5) is 25.5. The molecule has 0 aromatic rings. The van der Waals surface area contributed by atoms with Crippen LogP contribution in [0, 0.1) is 5.92 Å². The van der Waals surface area contributed by atoms with E-state index in [1.165, 1.54) is 19.3 Å². The molecule has 1 aliphatic heterocycles. The van der Waals surface area contributed by atoms with Crippen LogP contribution >= 0.6 is 0 Å². The summed E-state index contributed by atoms with van der Waals surface area (Å²) in [6.45, 7) is 0.673. The first kappa shape index (κ1) is 9.18. The molecule has 2 rings (SSSR count). The van der Waals surface area contributed by atoms with Gasteiger partial charge in [-0.15, -0.1) is 0 Å². The van der Waals surface area contributed by atoms with Crippen molar-refractivity contribution in [1.29, 1.82) is 0 Å². The standard InChI is InChI=1S/C9H13N3O2/c13-7-8(14)12-9(11-7)10-5-1-2-6-3-4-6/h6H,1-5H2,(H2,10,11,12,13,14). The summed E-state index contributed by atoms with van der Waals surface area (Å²) in [5.41, 5.74) is 0. The van der Waals surface area contributed by atoms with Crippen LogP contribution in [-0.2, 0) is 9.59 Å². The molecule has 0 bridgehead atoms. The third-order valence-corrected chi connectivity index (χ3v) is 2.41. The van der Waals surface area contributed by atoms with Gasteiger partial charge in [0.1, 0.15) is 0 Å². The van der Waals surface area contributed by atoms with Gasteiger partial charge >= 0.3 is 11.8 Å². The fourth-order valence-corrected chi connectivity index (χ4v) is 1.42. The number of hydrogen-bond acceptors (Lipinski definition) is 3. The molecule has 5 nitrogen and oxygen atoms in total. The van der Waals surface area contributed by atoms with Crippen molar-refractivity contribution in [2.24, 2.45) is 10.9 Å². The van der Waals surface area contributed by atoms with E-state index in [0.29, 0.717) is 12.5 Å². The SMILES string of the molecule is O=C1NC(=NCCCC2CC2)NC1=O. The number of nitrogens with zero attached hydrogens (tertiary/aromatic N) is 1. The van der Waals surface area contributed by atoms with E-state index in [9.17, 15) is 9.59 Å². The number of carbonyl (C=O) groups excluding carboxylic acids is 2. The lowest BCUT2D eigenvalue weighted by molar-refractivity contribution is -0.135. The topological polar surface area (TPSA) is 70.6 Å². The van der Waals surface area contributed by atoms with E-state index in [2.05, 4.69) is 15.6 Å².